The summed E-state index contributed by atoms with van der Waals surface area (Å²) < 4.78 is 2.14. The summed E-state index contributed by atoms with van der Waals surface area (Å²) in [7, 11) is 0. The molecule has 2 heterocycles. The van der Waals surface area contributed by atoms with Crippen LogP contribution in [0.15, 0.2) is 18.2 Å². The number of nitro groups is 1. The highest BCUT2D eigenvalue weighted by Gasteiger charge is 2.17. The number of aromatic nitrogens is 3. The second-order valence-electron chi connectivity index (χ2n) is 5.63. The smallest absolute Gasteiger partial charge is 0.292 e. The maximum absolute atomic E-state index is 11.1. The molecule has 0 saturated heterocycles. The Morgan fingerprint density at radius 3 is 3.00 bits per heavy atom. The van der Waals surface area contributed by atoms with Crippen molar-refractivity contribution in [2.75, 3.05) is 5.32 Å². The molecule has 0 aliphatic carbocycles. The molecule has 0 radical (unpaired) electrons. The van der Waals surface area contributed by atoms with Gasteiger partial charge in [0.25, 0.3) is 5.69 Å². The summed E-state index contributed by atoms with van der Waals surface area (Å²) in [4.78, 5) is 10.8. The first-order valence-electron chi connectivity index (χ1n) is 7.55. The minimum atomic E-state index is -0.361. The van der Waals surface area contributed by atoms with Crippen molar-refractivity contribution < 1.29 is 4.92 Å². The molecule has 0 saturated carbocycles. The molecule has 1 aromatic carbocycles. The Morgan fingerprint density at radius 1 is 1.32 bits per heavy atom. The van der Waals surface area contributed by atoms with E-state index >= 15 is 0 Å². The van der Waals surface area contributed by atoms with E-state index in [0.717, 1.165) is 43.0 Å². The quantitative estimate of drug-likeness (QED) is 0.693. The van der Waals surface area contributed by atoms with E-state index in [2.05, 4.69) is 20.1 Å². The van der Waals surface area contributed by atoms with E-state index < -0.39 is 0 Å². The number of rotatable bonds is 4. The van der Waals surface area contributed by atoms with Crippen molar-refractivity contribution in [2.24, 2.45) is 0 Å². The van der Waals surface area contributed by atoms with Crippen LogP contribution in [0.2, 0.25) is 0 Å². The Labute approximate surface area is 128 Å². The summed E-state index contributed by atoms with van der Waals surface area (Å²) >= 11 is 0. The molecule has 7 nitrogen and oxygen atoms in total. The van der Waals surface area contributed by atoms with Gasteiger partial charge in [0, 0.05) is 19.0 Å². The van der Waals surface area contributed by atoms with Crippen molar-refractivity contribution in [1.29, 1.82) is 0 Å². The standard InChI is InChI=1S/C15H19N5O2/c1-11-6-7-12(13(9-11)20(21)22)16-10-15-18-17-14-5-3-2-4-8-19(14)15/h6-7,9,16H,2-5,8,10H2,1H3. The first-order chi connectivity index (χ1) is 10.6. The van der Waals surface area contributed by atoms with E-state index in [-0.39, 0.29) is 10.6 Å². The van der Waals surface area contributed by atoms with Gasteiger partial charge in [0.05, 0.1) is 11.5 Å². The van der Waals surface area contributed by atoms with Crippen LogP contribution in [-0.2, 0) is 19.5 Å². The van der Waals surface area contributed by atoms with E-state index in [1.807, 2.05) is 13.0 Å². The molecule has 116 valence electrons. The largest absolute Gasteiger partial charge is 0.372 e. The van der Waals surface area contributed by atoms with Crippen LogP contribution in [0.25, 0.3) is 0 Å². The lowest BCUT2D eigenvalue weighted by molar-refractivity contribution is -0.384. The van der Waals surface area contributed by atoms with Crippen LogP contribution in [0.1, 0.15) is 36.5 Å². The third kappa shape index (κ3) is 2.93. The Balaban J connectivity index is 1.79. The van der Waals surface area contributed by atoms with Crippen molar-refractivity contribution in [1.82, 2.24) is 14.8 Å². The predicted molar refractivity (Wildman–Crippen MR) is 82.7 cm³/mol. The zero-order valence-electron chi connectivity index (χ0n) is 12.6. The minimum absolute atomic E-state index is 0.0932. The van der Waals surface area contributed by atoms with Gasteiger partial charge < -0.3 is 9.88 Å². The third-order valence-corrected chi connectivity index (χ3v) is 3.97. The van der Waals surface area contributed by atoms with Gasteiger partial charge in [-0.1, -0.05) is 12.5 Å². The molecule has 0 bridgehead atoms. The monoisotopic (exact) mass is 301 g/mol. The lowest BCUT2D eigenvalue weighted by Crippen LogP contribution is -2.11. The van der Waals surface area contributed by atoms with Crippen molar-refractivity contribution >= 4 is 11.4 Å². The molecule has 0 fully saturated rings. The highest BCUT2D eigenvalue weighted by molar-refractivity contribution is 5.62. The van der Waals surface area contributed by atoms with Crippen LogP contribution in [0.3, 0.4) is 0 Å². The average Bonchev–Trinajstić information content (AvgIpc) is 2.73. The van der Waals surface area contributed by atoms with E-state index in [4.69, 9.17) is 0 Å². The molecule has 1 aromatic heterocycles. The molecule has 1 aliphatic heterocycles. The van der Waals surface area contributed by atoms with Crippen LogP contribution in [0.5, 0.6) is 0 Å². The summed E-state index contributed by atoms with van der Waals surface area (Å²) in [5.41, 5.74) is 1.48. The Morgan fingerprint density at radius 2 is 2.18 bits per heavy atom. The molecule has 7 heteroatoms. The van der Waals surface area contributed by atoms with Crippen molar-refractivity contribution in [3.8, 4) is 0 Å². The number of nitrogens with one attached hydrogen (secondary N) is 1. The molecule has 0 unspecified atom stereocenters. The fourth-order valence-corrected chi connectivity index (χ4v) is 2.79. The summed E-state index contributed by atoms with van der Waals surface area (Å²) in [5.74, 6) is 1.86. The number of anilines is 1. The Hall–Kier alpha value is -2.44. The molecule has 2 aromatic rings. The normalized spacial score (nSPS) is 14.2. The zero-order valence-corrected chi connectivity index (χ0v) is 12.6. The molecule has 22 heavy (non-hydrogen) atoms. The lowest BCUT2D eigenvalue weighted by atomic mass is 10.2. The van der Waals surface area contributed by atoms with Crippen LogP contribution in [0.4, 0.5) is 11.4 Å². The van der Waals surface area contributed by atoms with Gasteiger partial charge in [-0.05, 0) is 31.4 Å². The van der Waals surface area contributed by atoms with Gasteiger partial charge in [0.1, 0.15) is 11.5 Å². The molecule has 0 amide bonds. The second-order valence-corrected chi connectivity index (χ2v) is 5.63. The molecule has 0 atom stereocenters. The fraction of sp³-hybridized carbons (Fsp3) is 0.467. The van der Waals surface area contributed by atoms with E-state index in [1.54, 1.807) is 12.1 Å². The van der Waals surface area contributed by atoms with Gasteiger partial charge in [0.15, 0.2) is 5.82 Å². The predicted octanol–water partition coefficient (Wildman–Crippen LogP) is 2.83. The number of aryl methyl sites for hydroxylation is 2. The Kier molecular flexibility index (Phi) is 4.04. The van der Waals surface area contributed by atoms with E-state index in [1.165, 1.54) is 6.42 Å². The molecular formula is C15H19N5O2. The maximum Gasteiger partial charge on any atom is 0.292 e. The van der Waals surface area contributed by atoms with Crippen LogP contribution < -0.4 is 5.32 Å². The van der Waals surface area contributed by atoms with Crippen molar-refractivity contribution in [3.05, 3.63) is 45.5 Å². The summed E-state index contributed by atoms with van der Waals surface area (Å²) in [6.45, 7) is 3.21. The van der Waals surface area contributed by atoms with Gasteiger partial charge in [0.2, 0.25) is 0 Å². The van der Waals surface area contributed by atoms with Crippen LogP contribution >= 0.6 is 0 Å². The lowest BCUT2D eigenvalue weighted by Gasteiger charge is -2.09. The summed E-state index contributed by atoms with van der Waals surface area (Å²) in [5, 5.41) is 22.7. The number of fused-ring (bicyclic) bond motifs is 1. The first-order valence-corrected chi connectivity index (χ1v) is 7.55. The molecular weight excluding hydrogens is 282 g/mol. The fourth-order valence-electron chi connectivity index (χ4n) is 2.79. The third-order valence-electron chi connectivity index (χ3n) is 3.97. The highest BCUT2D eigenvalue weighted by atomic mass is 16.6. The zero-order chi connectivity index (χ0) is 15.5. The van der Waals surface area contributed by atoms with Crippen molar-refractivity contribution in [3.63, 3.8) is 0 Å². The van der Waals surface area contributed by atoms with Gasteiger partial charge in [-0.15, -0.1) is 10.2 Å². The van der Waals surface area contributed by atoms with Crippen LogP contribution in [-0.4, -0.2) is 19.7 Å². The molecule has 0 spiro atoms. The number of hydrogen-bond acceptors (Lipinski definition) is 5. The second kappa shape index (κ2) is 6.13. The van der Waals surface area contributed by atoms with E-state index in [0.29, 0.717) is 12.2 Å². The van der Waals surface area contributed by atoms with Gasteiger partial charge in [-0.25, -0.2) is 0 Å². The molecule has 1 N–H and O–H groups in total. The van der Waals surface area contributed by atoms with Crippen molar-refractivity contribution in [2.45, 2.75) is 45.7 Å². The maximum atomic E-state index is 11.1. The molecule has 1 aliphatic rings. The van der Waals surface area contributed by atoms with Gasteiger partial charge >= 0.3 is 0 Å². The van der Waals surface area contributed by atoms with Gasteiger partial charge in [-0.2, -0.15) is 0 Å². The van der Waals surface area contributed by atoms with Gasteiger partial charge in [-0.3, -0.25) is 10.1 Å². The topological polar surface area (TPSA) is 85.9 Å². The van der Waals surface area contributed by atoms with E-state index in [9.17, 15) is 10.1 Å². The molecule has 3 rings (SSSR count). The van der Waals surface area contributed by atoms with Crippen LogP contribution in [0, 0.1) is 17.0 Å². The highest BCUT2D eigenvalue weighted by Crippen LogP contribution is 2.26. The summed E-state index contributed by atoms with van der Waals surface area (Å²) in [6, 6.07) is 5.18. The number of nitrogens with zero attached hydrogens (tertiary/aromatic N) is 4. The first kappa shape index (κ1) is 14.5. The number of benzene rings is 1. The average molecular weight is 301 g/mol. The SMILES string of the molecule is Cc1ccc(NCc2nnc3n2CCCCC3)c([N+](=O)[O-])c1. The number of nitro benzene ring substituents is 1. The number of hydrogen-bond donors (Lipinski definition) is 1. The minimum Gasteiger partial charge on any atom is -0.372 e. The Bertz CT molecular complexity index is 695. The summed E-state index contributed by atoms with van der Waals surface area (Å²) in [6.07, 6.45) is 4.44.